The predicted molar refractivity (Wildman–Crippen MR) is 83.7 cm³/mol. The van der Waals surface area contributed by atoms with Gasteiger partial charge in [-0.1, -0.05) is 0 Å². The maximum absolute atomic E-state index is 11.5. The molecule has 0 aliphatic carbocycles. The molecule has 0 bridgehead atoms. The number of carbonyl (C=O) groups excluding carboxylic acids is 5. The van der Waals surface area contributed by atoms with Crippen LogP contribution in [-0.2, 0) is 52.4 Å². The summed E-state index contributed by atoms with van der Waals surface area (Å²) in [6.07, 6.45) is -6.70. The average Bonchev–Trinajstić information content (AvgIpc) is 2.49. The van der Waals surface area contributed by atoms with E-state index in [-0.39, 0.29) is 0 Å². The second-order valence-corrected chi connectivity index (χ2v) is 5.68. The van der Waals surface area contributed by atoms with Crippen LogP contribution in [0.4, 0.5) is 0 Å². The first-order valence-electron chi connectivity index (χ1n) is 7.99. The van der Waals surface area contributed by atoms with E-state index < -0.39 is 67.2 Å². The van der Waals surface area contributed by atoms with Gasteiger partial charge in [0.15, 0.2) is 12.2 Å². The van der Waals surface area contributed by atoms with Gasteiger partial charge >= 0.3 is 29.8 Å². The predicted octanol–water partition coefficient (Wildman–Crippen LogP) is -0.367. The molecule has 0 saturated carbocycles. The standard InChI is InChI=1S/C16H22O11/c1-7(17)22-6-12-13(23-8(2)18)14(24-9(3)19)15(25-10(4)20)16(27-12)26-11(5)21/h12-16H,6H2,1-5H3/t12-,13?,14-,15+,16+/m0/s1. The van der Waals surface area contributed by atoms with Gasteiger partial charge in [-0.3, -0.25) is 24.0 Å². The smallest absolute Gasteiger partial charge is 0.305 e. The van der Waals surface area contributed by atoms with Crippen molar-refractivity contribution in [3.8, 4) is 0 Å². The van der Waals surface area contributed by atoms with E-state index in [0.717, 1.165) is 34.6 Å². The van der Waals surface area contributed by atoms with Gasteiger partial charge in [-0.05, 0) is 0 Å². The molecular formula is C16H22O11. The van der Waals surface area contributed by atoms with Crippen LogP contribution in [-0.4, -0.2) is 67.2 Å². The van der Waals surface area contributed by atoms with E-state index in [1.54, 1.807) is 0 Å². The minimum atomic E-state index is -1.48. The third-order valence-corrected chi connectivity index (χ3v) is 3.23. The van der Waals surface area contributed by atoms with Crippen molar-refractivity contribution in [3.63, 3.8) is 0 Å². The molecule has 0 radical (unpaired) electrons. The van der Waals surface area contributed by atoms with Crippen LogP contribution in [0.3, 0.4) is 0 Å². The van der Waals surface area contributed by atoms with E-state index in [4.69, 9.17) is 28.4 Å². The molecule has 1 aliphatic rings. The average molecular weight is 390 g/mol. The van der Waals surface area contributed by atoms with Crippen molar-refractivity contribution in [2.45, 2.75) is 65.3 Å². The van der Waals surface area contributed by atoms with E-state index >= 15 is 0 Å². The van der Waals surface area contributed by atoms with Crippen molar-refractivity contribution >= 4 is 29.8 Å². The van der Waals surface area contributed by atoms with Gasteiger partial charge < -0.3 is 28.4 Å². The Morgan fingerprint density at radius 1 is 0.630 bits per heavy atom. The normalized spacial score (nSPS) is 27.1. The summed E-state index contributed by atoms with van der Waals surface area (Å²) < 4.78 is 30.8. The molecule has 11 heteroatoms. The Morgan fingerprint density at radius 3 is 1.52 bits per heavy atom. The lowest BCUT2D eigenvalue weighted by atomic mass is 9.98. The Labute approximate surface area is 155 Å². The highest BCUT2D eigenvalue weighted by molar-refractivity contribution is 5.69. The van der Waals surface area contributed by atoms with E-state index in [0.29, 0.717) is 0 Å². The second kappa shape index (κ2) is 9.86. The SMILES string of the molecule is CC(=O)OC[C@@H]1O[C@@H](OC(C)=O)[C@H](OC(C)=O)[C@@H](OC(C)=O)C1OC(C)=O. The topological polar surface area (TPSA) is 141 Å². The molecule has 1 fully saturated rings. The molecule has 5 atom stereocenters. The lowest BCUT2D eigenvalue weighted by molar-refractivity contribution is -0.300. The van der Waals surface area contributed by atoms with Crippen molar-refractivity contribution in [1.82, 2.24) is 0 Å². The zero-order valence-corrected chi connectivity index (χ0v) is 15.6. The minimum Gasteiger partial charge on any atom is -0.463 e. The highest BCUT2D eigenvalue weighted by Gasteiger charge is 2.53. The summed E-state index contributed by atoms with van der Waals surface area (Å²) in [5.74, 6) is -3.71. The molecule has 1 heterocycles. The quantitative estimate of drug-likeness (QED) is 0.433. The van der Waals surface area contributed by atoms with Crippen molar-refractivity contribution in [1.29, 1.82) is 0 Å². The molecule has 11 nitrogen and oxygen atoms in total. The fourth-order valence-electron chi connectivity index (χ4n) is 2.45. The van der Waals surface area contributed by atoms with E-state index in [9.17, 15) is 24.0 Å². The Hall–Kier alpha value is -2.69. The van der Waals surface area contributed by atoms with Crippen LogP contribution >= 0.6 is 0 Å². The molecule has 1 saturated heterocycles. The monoisotopic (exact) mass is 390 g/mol. The van der Waals surface area contributed by atoms with Gasteiger partial charge in [0.2, 0.25) is 12.4 Å². The molecule has 1 aliphatic heterocycles. The number of hydrogen-bond acceptors (Lipinski definition) is 11. The van der Waals surface area contributed by atoms with Crippen molar-refractivity contribution in [3.05, 3.63) is 0 Å². The van der Waals surface area contributed by atoms with Gasteiger partial charge in [-0.15, -0.1) is 0 Å². The molecule has 0 aromatic heterocycles. The summed E-state index contributed by atoms with van der Waals surface area (Å²) in [6, 6.07) is 0. The number of ether oxygens (including phenoxy) is 6. The number of rotatable bonds is 6. The van der Waals surface area contributed by atoms with Gasteiger partial charge in [0.05, 0.1) is 0 Å². The van der Waals surface area contributed by atoms with E-state index in [2.05, 4.69) is 0 Å². The summed E-state index contributed by atoms with van der Waals surface area (Å²) >= 11 is 0. The first-order chi connectivity index (χ1) is 12.5. The molecule has 0 N–H and O–H groups in total. The highest BCUT2D eigenvalue weighted by Crippen LogP contribution is 2.29. The molecule has 0 amide bonds. The Morgan fingerprint density at radius 2 is 1.07 bits per heavy atom. The highest BCUT2D eigenvalue weighted by atomic mass is 16.7. The summed E-state index contributed by atoms with van der Waals surface area (Å²) in [6.45, 7) is 5.13. The van der Waals surface area contributed by atoms with Gasteiger partial charge in [0, 0.05) is 34.6 Å². The fraction of sp³-hybridized carbons (Fsp3) is 0.688. The lowest BCUT2D eigenvalue weighted by Gasteiger charge is -2.43. The number of hydrogen-bond donors (Lipinski definition) is 0. The molecule has 152 valence electrons. The zero-order chi connectivity index (χ0) is 20.7. The van der Waals surface area contributed by atoms with Crippen LogP contribution in [0.15, 0.2) is 0 Å². The molecule has 0 spiro atoms. The summed E-state index contributed by atoms with van der Waals surface area (Å²) in [5, 5.41) is 0. The van der Waals surface area contributed by atoms with Gasteiger partial charge in [-0.25, -0.2) is 0 Å². The van der Waals surface area contributed by atoms with E-state index in [1.165, 1.54) is 0 Å². The Balaban J connectivity index is 3.29. The lowest BCUT2D eigenvalue weighted by Crippen LogP contribution is -2.63. The fourth-order valence-corrected chi connectivity index (χ4v) is 2.45. The minimum absolute atomic E-state index is 0.393. The molecule has 1 rings (SSSR count). The van der Waals surface area contributed by atoms with Gasteiger partial charge in [-0.2, -0.15) is 0 Å². The first-order valence-corrected chi connectivity index (χ1v) is 7.99. The van der Waals surface area contributed by atoms with Crippen molar-refractivity contribution in [2.75, 3.05) is 6.61 Å². The third-order valence-electron chi connectivity index (χ3n) is 3.23. The van der Waals surface area contributed by atoms with Crippen LogP contribution in [0, 0.1) is 0 Å². The van der Waals surface area contributed by atoms with Crippen LogP contribution in [0.25, 0.3) is 0 Å². The van der Waals surface area contributed by atoms with Gasteiger partial charge in [0.1, 0.15) is 12.7 Å². The molecular weight excluding hydrogens is 368 g/mol. The molecule has 27 heavy (non-hydrogen) atoms. The zero-order valence-electron chi connectivity index (χ0n) is 15.6. The van der Waals surface area contributed by atoms with Crippen LogP contribution in [0.1, 0.15) is 34.6 Å². The number of carbonyl (C=O) groups is 5. The Bertz CT molecular complexity index is 599. The maximum Gasteiger partial charge on any atom is 0.305 e. The molecule has 0 aromatic rings. The summed E-state index contributed by atoms with van der Waals surface area (Å²) in [4.78, 5) is 57.0. The Kier molecular flexibility index (Phi) is 8.16. The van der Waals surface area contributed by atoms with Crippen molar-refractivity contribution in [2.24, 2.45) is 0 Å². The van der Waals surface area contributed by atoms with Gasteiger partial charge in [0.25, 0.3) is 0 Å². The summed E-state index contributed by atoms with van der Waals surface area (Å²) in [5.41, 5.74) is 0. The maximum atomic E-state index is 11.5. The van der Waals surface area contributed by atoms with Crippen LogP contribution < -0.4 is 0 Å². The largest absolute Gasteiger partial charge is 0.463 e. The van der Waals surface area contributed by atoms with Crippen LogP contribution in [0.5, 0.6) is 0 Å². The van der Waals surface area contributed by atoms with Crippen LogP contribution in [0.2, 0.25) is 0 Å². The van der Waals surface area contributed by atoms with Crippen molar-refractivity contribution < 1.29 is 52.4 Å². The second-order valence-electron chi connectivity index (χ2n) is 5.68. The third kappa shape index (κ3) is 7.21. The first kappa shape index (κ1) is 22.4. The van der Waals surface area contributed by atoms with E-state index in [1.807, 2.05) is 0 Å². The molecule has 1 unspecified atom stereocenters. The number of esters is 5. The molecule has 0 aromatic carbocycles. The summed E-state index contributed by atoms with van der Waals surface area (Å²) in [7, 11) is 0.